The molecule has 6 nitrogen and oxygen atoms in total. The summed E-state index contributed by atoms with van der Waals surface area (Å²) < 4.78 is 4.26. The first-order valence-corrected chi connectivity index (χ1v) is 3.88. The molecule has 88 valence electrons. The van der Waals surface area contributed by atoms with Gasteiger partial charge in [0, 0.05) is 12.2 Å². The van der Waals surface area contributed by atoms with Crippen molar-refractivity contribution in [1.29, 1.82) is 0 Å². The minimum Gasteiger partial charge on any atom is -0.478 e. The van der Waals surface area contributed by atoms with Gasteiger partial charge in [-0.1, -0.05) is 13.2 Å². The molecule has 0 amide bonds. The van der Waals surface area contributed by atoms with Gasteiger partial charge < -0.3 is 14.9 Å². The Morgan fingerprint density at radius 1 is 1.12 bits per heavy atom. The molecule has 0 spiro atoms. The van der Waals surface area contributed by atoms with E-state index in [4.69, 9.17) is 10.2 Å². The highest BCUT2D eigenvalue weighted by molar-refractivity contribution is 5.92. The molecular weight excluding hydrogens is 216 g/mol. The SMILES string of the molecule is C=C(C=CC(=O)O)C(=O)OC.C=CC(=O)O. The van der Waals surface area contributed by atoms with Crippen LogP contribution in [0.15, 0.2) is 37.0 Å². The lowest BCUT2D eigenvalue weighted by molar-refractivity contribution is -0.135. The van der Waals surface area contributed by atoms with E-state index in [0.29, 0.717) is 0 Å². The lowest BCUT2D eigenvalue weighted by atomic mass is 10.3. The maximum absolute atomic E-state index is 10.6. The fraction of sp³-hybridized carbons (Fsp3) is 0.100. The highest BCUT2D eigenvalue weighted by Gasteiger charge is 2.01. The second-order valence-corrected chi connectivity index (χ2v) is 2.23. The monoisotopic (exact) mass is 228 g/mol. The molecule has 16 heavy (non-hydrogen) atoms. The van der Waals surface area contributed by atoms with Crippen LogP contribution >= 0.6 is 0 Å². The van der Waals surface area contributed by atoms with E-state index in [1.807, 2.05) is 0 Å². The van der Waals surface area contributed by atoms with Crippen LogP contribution in [-0.4, -0.2) is 35.2 Å². The van der Waals surface area contributed by atoms with Crippen molar-refractivity contribution in [2.45, 2.75) is 0 Å². The predicted octanol–water partition coefficient (Wildman–Crippen LogP) is 0.613. The molecular formula is C10H12O6. The van der Waals surface area contributed by atoms with Crippen LogP contribution in [0.2, 0.25) is 0 Å². The third-order valence-electron chi connectivity index (χ3n) is 1.05. The molecule has 0 radical (unpaired) electrons. The van der Waals surface area contributed by atoms with E-state index in [1.165, 1.54) is 7.11 Å². The third kappa shape index (κ3) is 11.6. The summed E-state index contributed by atoms with van der Waals surface area (Å²) in [5, 5.41) is 15.7. The lowest BCUT2D eigenvalue weighted by Crippen LogP contribution is -2.01. The Hall–Kier alpha value is -2.37. The highest BCUT2D eigenvalue weighted by atomic mass is 16.5. The molecule has 0 aliphatic heterocycles. The summed E-state index contributed by atoms with van der Waals surface area (Å²) in [5.41, 5.74) is 0.00917. The molecule has 0 heterocycles. The number of aliphatic carboxylic acids is 2. The Bertz CT molecular complexity index is 326. The maximum Gasteiger partial charge on any atom is 0.337 e. The number of hydrogen-bond donors (Lipinski definition) is 2. The van der Waals surface area contributed by atoms with Crippen LogP contribution in [0.4, 0.5) is 0 Å². The van der Waals surface area contributed by atoms with E-state index in [9.17, 15) is 14.4 Å². The molecule has 6 heteroatoms. The van der Waals surface area contributed by atoms with Gasteiger partial charge in [0.25, 0.3) is 0 Å². The van der Waals surface area contributed by atoms with E-state index >= 15 is 0 Å². The van der Waals surface area contributed by atoms with Gasteiger partial charge in [0.15, 0.2) is 0 Å². The standard InChI is InChI=1S/C7H8O4.C3H4O2/c1-5(7(10)11-2)3-4-6(8)9;1-2-3(4)5/h3-4H,1H2,2H3,(H,8,9);2H,1H2,(H,4,5). The number of hydrogen-bond acceptors (Lipinski definition) is 4. The Morgan fingerprint density at radius 2 is 1.56 bits per heavy atom. The zero-order valence-corrected chi connectivity index (χ0v) is 8.67. The van der Waals surface area contributed by atoms with Crippen LogP contribution in [0.3, 0.4) is 0 Å². The molecule has 0 fully saturated rings. The summed E-state index contributed by atoms with van der Waals surface area (Å²) in [6, 6.07) is 0. The maximum atomic E-state index is 10.6. The number of ether oxygens (including phenoxy) is 1. The van der Waals surface area contributed by atoms with E-state index in [2.05, 4.69) is 17.9 Å². The largest absolute Gasteiger partial charge is 0.478 e. The molecule has 0 rings (SSSR count). The van der Waals surface area contributed by atoms with Gasteiger partial charge in [-0.25, -0.2) is 14.4 Å². The van der Waals surface area contributed by atoms with Gasteiger partial charge in [-0.3, -0.25) is 0 Å². The molecule has 0 aromatic rings. The van der Waals surface area contributed by atoms with Gasteiger partial charge in [0.2, 0.25) is 0 Å². The van der Waals surface area contributed by atoms with Gasteiger partial charge in [-0.05, 0) is 6.08 Å². The van der Waals surface area contributed by atoms with Crippen molar-refractivity contribution < 1.29 is 29.3 Å². The molecule has 0 atom stereocenters. The Labute approximate surface area is 92.1 Å². The predicted molar refractivity (Wildman–Crippen MR) is 55.8 cm³/mol. The van der Waals surface area contributed by atoms with Crippen molar-refractivity contribution in [3.63, 3.8) is 0 Å². The smallest absolute Gasteiger partial charge is 0.337 e. The lowest BCUT2D eigenvalue weighted by Gasteiger charge is -1.94. The number of carbonyl (C=O) groups is 3. The summed E-state index contributed by atoms with van der Waals surface area (Å²) in [4.78, 5) is 29.7. The minimum atomic E-state index is -1.13. The number of carboxylic acid groups (broad SMARTS) is 2. The highest BCUT2D eigenvalue weighted by Crippen LogP contribution is 1.94. The van der Waals surface area contributed by atoms with Crippen LogP contribution in [0.25, 0.3) is 0 Å². The molecule has 0 aliphatic rings. The normalized spacial score (nSPS) is 8.56. The summed E-state index contributed by atoms with van der Waals surface area (Å²) in [5.74, 6) is -2.75. The molecule has 2 N–H and O–H groups in total. The van der Waals surface area contributed by atoms with E-state index in [1.54, 1.807) is 0 Å². The quantitative estimate of drug-likeness (QED) is 0.415. The van der Waals surface area contributed by atoms with Crippen molar-refractivity contribution in [3.05, 3.63) is 37.0 Å². The Balaban J connectivity index is 0. The van der Waals surface area contributed by atoms with Crippen molar-refractivity contribution in [1.82, 2.24) is 0 Å². The summed E-state index contributed by atoms with van der Waals surface area (Å²) in [7, 11) is 1.20. The average Bonchev–Trinajstić information content (AvgIpc) is 2.25. The first-order valence-electron chi connectivity index (χ1n) is 3.88. The Kier molecular flexibility index (Phi) is 9.24. The number of carbonyl (C=O) groups excluding carboxylic acids is 1. The molecule has 0 bridgehead atoms. The van der Waals surface area contributed by atoms with Crippen LogP contribution in [-0.2, 0) is 19.1 Å². The fourth-order valence-corrected chi connectivity index (χ4v) is 0.371. The van der Waals surface area contributed by atoms with Gasteiger partial charge >= 0.3 is 17.9 Å². The second-order valence-electron chi connectivity index (χ2n) is 2.23. The van der Waals surface area contributed by atoms with Crippen LogP contribution in [0.5, 0.6) is 0 Å². The fourth-order valence-electron chi connectivity index (χ4n) is 0.371. The average molecular weight is 228 g/mol. The zero-order chi connectivity index (χ0) is 13.1. The number of carboxylic acids is 2. The van der Waals surface area contributed by atoms with E-state index in [-0.39, 0.29) is 5.57 Å². The first kappa shape index (κ1) is 16.1. The molecule has 0 unspecified atom stereocenters. The van der Waals surface area contributed by atoms with E-state index in [0.717, 1.165) is 18.2 Å². The molecule has 0 aromatic carbocycles. The van der Waals surface area contributed by atoms with Gasteiger partial charge in [-0.2, -0.15) is 0 Å². The van der Waals surface area contributed by atoms with Crippen molar-refractivity contribution >= 4 is 17.9 Å². The van der Waals surface area contributed by atoms with Gasteiger partial charge in [-0.15, -0.1) is 0 Å². The number of rotatable bonds is 4. The van der Waals surface area contributed by atoms with Crippen molar-refractivity contribution in [3.8, 4) is 0 Å². The van der Waals surface area contributed by atoms with Crippen LogP contribution in [0.1, 0.15) is 0 Å². The molecule has 0 aliphatic carbocycles. The zero-order valence-electron chi connectivity index (χ0n) is 8.67. The number of esters is 1. The summed E-state index contributed by atoms with van der Waals surface area (Å²) >= 11 is 0. The van der Waals surface area contributed by atoms with E-state index < -0.39 is 17.9 Å². The third-order valence-corrected chi connectivity index (χ3v) is 1.05. The first-order chi connectivity index (χ1) is 7.34. The second kappa shape index (κ2) is 9.20. The van der Waals surface area contributed by atoms with Crippen molar-refractivity contribution in [2.24, 2.45) is 0 Å². The summed E-state index contributed by atoms with van der Waals surface area (Å²) in [6.07, 6.45) is 2.73. The van der Waals surface area contributed by atoms with Gasteiger partial charge in [0.05, 0.1) is 12.7 Å². The van der Waals surface area contributed by atoms with Crippen LogP contribution < -0.4 is 0 Å². The van der Waals surface area contributed by atoms with Crippen molar-refractivity contribution in [2.75, 3.05) is 7.11 Å². The van der Waals surface area contributed by atoms with Gasteiger partial charge in [0.1, 0.15) is 0 Å². The molecule has 0 saturated heterocycles. The van der Waals surface area contributed by atoms with Crippen LogP contribution in [0, 0.1) is 0 Å². The molecule has 0 saturated carbocycles. The Morgan fingerprint density at radius 3 is 1.81 bits per heavy atom. The topological polar surface area (TPSA) is 101 Å². The molecule has 0 aromatic heterocycles. The summed E-state index contributed by atoms with van der Waals surface area (Å²) in [6.45, 7) is 6.23. The minimum absolute atomic E-state index is 0.00917. The number of methoxy groups -OCH3 is 1.